The van der Waals surface area contributed by atoms with Gasteiger partial charge in [0.2, 0.25) is 5.60 Å². The van der Waals surface area contributed by atoms with Crippen molar-refractivity contribution < 1.29 is 27.4 Å². The number of halogens is 4. The van der Waals surface area contributed by atoms with E-state index in [-0.39, 0.29) is 27.1 Å². The number of aliphatic hydroxyl groups is 1. The molecule has 1 unspecified atom stereocenters. The lowest BCUT2D eigenvalue weighted by Gasteiger charge is -2.30. The molecule has 4 rings (SSSR count). The molecule has 2 aromatic carbocycles. The average molecular weight is 438 g/mol. The Morgan fingerprint density at radius 2 is 1.83 bits per heavy atom. The molecule has 9 heteroatoms. The fraction of sp³-hybridized carbons (Fsp3) is 0.190. The molecule has 0 saturated carbocycles. The first kappa shape index (κ1) is 20.3. The zero-order valence-electron chi connectivity index (χ0n) is 15.7. The molecule has 2 N–H and O–H groups in total. The van der Waals surface area contributed by atoms with Crippen LogP contribution < -0.4 is 10.2 Å². The van der Waals surface area contributed by atoms with Crippen LogP contribution in [0.25, 0.3) is 21.9 Å². The van der Waals surface area contributed by atoms with Crippen LogP contribution >= 0.6 is 11.6 Å². The van der Waals surface area contributed by atoms with Crippen molar-refractivity contribution in [3.63, 3.8) is 0 Å². The van der Waals surface area contributed by atoms with E-state index in [0.29, 0.717) is 17.3 Å². The van der Waals surface area contributed by atoms with Crippen molar-refractivity contribution in [2.75, 3.05) is 7.11 Å². The Kier molecular flexibility index (Phi) is 4.59. The number of aromatic nitrogens is 1. The molecule has 0 aliphatic carbocycles. The lowest BCUT2D eigenvalue weighted by molar-refractivity contribution is -0.253. The highest BCUT2D eigenvalue weighted by atomic mass is 35.5. The van der Waals surface area contributed by atoms with Gasteiger partial charge in [-0.05, 0) is 43.3 Å². The number of methoxy groups -OCH3 is 1. The van der Waals surface area contributed by atoms with Crippen LogP contribution in [-0.2, 0) is 5.60 Å². The van der Waals surface area contributed by atoms with E-state index in [9.17, 15) is 23.1 Å². The van der Waals surface area contributed by atoms with Gasteiger partial charge in [0.1, 0.15) is 11.3 Å². The summed E-state index contributed by atoms with van der Waals surface area (Å²) in [5, 5.41) is 11.4. The van der Waals surface area contributed by atoms with Gasteiger partial charge in [0.15, 0.2) is 11.2 Å². The lowest BCUT2D eigenvalue weighted by Crippen LogP contribution is -2.44. The van der Waals surface area contributed by atoms with Gasteiger partial charge in [0.05, 0.1) is 12.5 Å². The molecule has 4 aromatic rings. The highest BCUT2D eigenvalue weighted by Crippen LogP contribution is 2.48. The van der Waals surface area contributed by atoms with Crippen LogP contribution in [0.1, 0.15) is 17.0 Å². The number of nitrogens with one attached hydrogen (secondary N) is 1. The van der Waals surface area contributed by atoms with Crippen LogP contribution in [0.3, 0.4) is 0 Å². The maximum absolute atomic E-state index is 14.4. The highest BCUT2D eigenvalue weighted by molar-refractivity contribution is 6.31. The standard InChI is InChI=1S/C21H15ClF3NO4/c1-10-19(13-8-12(29-2)4-5-15(13)26-10)20(28,21(23,24)25)18-9-16(27)14-7-11(22)3-6-17(14)30-18/h3-9,26,28H,1-2H3. The summed E-state index contributed by atoms with van der Waals surface area (Å²) in [6, 6.07) is 9.10. The third-order valence-corrected chi connectivity index (χ3v) is 5.25. The zero-order valence-corrected chi connectivity index (χ0v) is 16.5. The molecule has 0 saturated heterocycles. The highest BCUT2D eigenvalue weighted by Gasteiger charge is 2.60. The Morgan fingerprint density at radius 1 is 1.10 bits per heavy atom. The van der Waals surface area contributed by atoms with Gasteiger partial charge >= 0.3 is 6.18 Å². The number of ether oxygens (including phenoxy) is 1. The number of H-pyrrole nitrogens is 1. The molecule has 0 fully saturated rings. The molecule has 156 valence electrons. The first-order chi connectivity index (χ1) is 14.1. The second-order valence-corrected chi connectivity index (χ2v) is 7.30. The third-order valence-electron chi connectivity index (χ3n) is 5.01. The van der Waals surface area contributed by atoms with E-state index in [1.165, 1.54) is 38.3 Å². The second-order valence-electron chi connectivity index (χ2n) is 6.86. The van der Waals surface area contributed by atoms with Crippen molar-refractivity contribution in [2.45, 2.75) is 18.7 Å². The molecular weight excluding hydrogens is 423 g/mol. The first-order valence-corrected chi connectivity index (χ1v) is 9.14. The number of fused-ring (bicyclic) bond motifs is 2. The summed E-state index contributed by atoms with van der Waals surface area (Å²) in [5.74, 6) is -0.636. The maximum atomic E-state index is 14.4. The number of alkyl halides is 3. The van der Waals surface area contributed by atoms with E-state index in [2.05, 4.69) is 4.98 Å². The van der Waals surface area contributed by atoms with Crippen LogP contribution in [0, 0.1) is 6.92 Å². The summed E-state index contributed by atoms with van der Waals surface area (Å²) >= 11 is 5.86. The van der Waals surface area contributed by atoms with Gasteiger partial charge in [-0.15, -0.1) is 0 Å². The number of hydrogen-bond donors (Lipinski definition) is 2. The predicted octanol–water partition coefficient (Wildman–Crippen LogP) is 5.04. The van der Waals surface area contributed by atoms with E-state index >= 15 is 0 Å². The number of benzene rings is 2. The van der Waals surface area contributed by atoms with Crippen LogP contribution in [-0.4, -0.2) is 23.4 Å². The van der Waals surface area contributed by atoms with Crippen LogP contribution in [0.4, 0.5) is 13.2 Å². The molecule has 0 aliphatic rings. The summed E-state index contributed by atoms with van der Waals surface area (Å²) in [6.45, 7) is 1.40. The fourth-order valence-corrected chi connectivity index (χ4v) is 3.78. The van der Waals surface area contributed by atoms with Crippen molar-refractivity contribution in [1.29, 1.82) is 0 Å². The van der Waals surface area contributed by atoms with Crippen LogP contribution in [0.5, 0.6) is 5.75 Å². The smallest absolute Gasteiger partial charge is 0.429 e. The second kappa shape index (κ2) is 6.78. The van der Waals surface area contributed by atoms with Gasteiger partial charge in [-0.3, -0.25) is 4.79 Å². The molecular formula is C21H15ClF3NO4. The van der Waals surface area contributed by atoms with Crippen molar-refractivity contribution in [1.82, 2.24) is 4.98 Å². The molecule has 0 spiro atoms. The van der Waals surface area contributed by atoms with Gasteiger partial charge in [-0.25, -0.2) is 0 Å². The summed E-state index contributed by atoms with van der Waals surface area (Å²) < 4.78 is 53.6. The van der Waals surface area contributed by atoms with Crippen molar-refractivity contribution >= 4 is 33.5 Å². The normalized spacial score (nSPS) is 14.2. The number of aryl methyl sites for hydroxylation is 1. The van der Waals surface area contributed by atoms with E-state index in [4.69, 9.17) is 20.8 Å². The molecule has 5 nitrogen and oxygen atoms in total. The Hall–Kier alpha value is -2.97. The Balaban J connectivity index is 2.09. The van der Waals surface area contributed by atoms with Gasteiger partial charge in [-0.2, -0.15) is 13.2 Å². The molecule has 1 atom stereocenters. The molecule has 2 heterocycles. The molecule has 0 radical (unpaired) electrons. The Morgan fingerprint density at radius 3 is 2.50 bits per heavy atom. The molecule has 0 amide bonds. The molecule has 0 aliphatic heterocycles. The lowest BCUT2D eigenvalue weighted by atomic mass is 9.87. The minimum Gasteiger partial charge on any atom is -0.497 e. The fourth-order valence-electron chi connectivity index (χ4n) is 3.61. The van der Waals surface area contributed by atoms with Gasteiger partial charge < -0.3 is 19.2 Å². The maximum Gasteiger partial charge on any atom is 0.429 e. The number of rotatable bonds is 3. The monoisotopic (exact) mass is 437 g/mol. The topological polar surface area (TPSA) is 75.5 Å². The first-order valence-electron chi connectivity index (χ1n) is 8.76. The van der Waals surface area contributed by atoms with Crippen molar-refractivity contribution in [3.05, 3.63) is 74.7 Å². The van der Waals surface area contributed by atoms with Crippen molar-refractivity contribution in [2.24, 2.45) is 0 Å². The largest absolute Gasteiger partial charge is 0.497 e. The Labute approximate surface area is 172 Å². The van der Waals surface area contributed by atoms with E-state index in [1.54, 1.807) is 12.1 Å². The summed E-state index contributed by atoms with van der Waals surface area (Å²) in [7, 11) is 1.38. The SMILES string of the molecule is COc1ccc2[nH]c(C)c(C(O)(c3cc(=O)c4cc(Cl)ccc4o3)C(F)(F)F)c2c1. The minimum atomic E-state index is -5.20. The van der Waals surface area contributed by atoms with E-state index in [1.807, 2.05) is 0 Å². The molecule has 0 bridgehead atoms. The third kappa shape index (κ3) is 2.95. The Bertz CT molecular complexity index is 1340. The summed E-state index contributed by atoms with van der Waals surface area (Å²) in [6.07, 6.45) is -5.20. The summed E-state index contributed by atoms with van der Waals surface area (Å²) in [4.78, 5) is 15.4. The zero-order chi connectivity index (χ0) is 21.8. The van der Waals surface area contributed by atoms with Gasteiger partial charge in [0.25, 0.3) is 0 Å². The predicted molar refractivity (Wildman–Crippen MR) is 106 cm³/mol. The van der Waals surface area contributed by atoms with Crippen molar-refractivity contribution in [3.8, 4) is 5.75 Å². The molecule has 30 heavy (non-hydrogen) atoms. The van der Waals surface area contributed by atoms with E-state index in [0.717, 1.165) is 0 Å². The van der Waals surface area contributed by atoms with Gasteiger partial charge in [-0.1, -0.05) is 11.6 Å². The minimum absolute atomic E-state index is 0.00749. The van der Waals surface area contributed by atoms with Crippen LogP contribution in [0.2, 0.25) is 5.02 Å². The number of aromatic amines is 1. The quantitative estimate of drug-likeness (QED) is 0.470. The molecule has 2 aromatic heterocycles. The number of hydrogen-bond acceptors (Lipinski definition) is 4. The van der Waals surface area contributed by atoms with E-state index < -0.39 is 28.5 Å². The van der Waals surface area contributed by atoms with Crippen LogP contribution in [0.15, 0.2) is 51.7 Å². The van der Waals surface area contributed by atoms with Gasteiger partial charge in [0, 0.05) is 33.2 Å². The summed E-state index contributed by atoms with van der Waals surface area (Å²) in [5.41, 5.74) is -4.52. The average Bonchev–Trinajstić information content (AvgIpc) is 3.01.